The lowest BCUT2D eigenvalue weighted by molar-refractivity contribution is 0.0606. The van der Waals surface area contributed by atoms with Crippen LogP contribution in [0.2, 0.25) is 5.02 Å². The average molecular weight is 722 g/mol. The van der Waals surface area contributed by atoms with Gasteiger partial charge in [0.05, 0.1) is 21.6 Å². The maximum absolute atomic E-state index is 14.8. The lowest BCUT2D eigenvalue weighted by Crippen LogP contribution is -2.49. The molecule has 1 aliphatic carbocycles. The minimum atomic E-state index is -4.14. The maximum atomic E-state index is 14.8. The van der Waals surface area contributed by atoms with Crippen molar-refractivity contribution in [3.05, 3.63) is 94.3 Å². The van der Waals surface area contributed by atoms with Crippen LogP contribution in [0.5, 0.6) is 0 Å². The van der Waals surface area contributed by atoms with Crippen molar-refractivity contribution in [3.63, 3.8) is 0 Å². The molecule has 264 valence electrons. The average Bonchev–Trinajstić information content (AvgIpc) is 3.78. The van der Waals surface area contributed by atoms with E-state index in [1.165, 1.54) is 11.6 Å². The second-order valence-corrected chi connectivity index (χ2v) is 16.8. The Kier molecular flexibility index (Phi) is 8.77. The first kappa shape index (κ1) is 33.7. The Morgan fingerprint density at radius 1 is 0.960 bits per heavy atom. The Hall–Kier alpha value is -3.38. The molecule has 12 heteroatoms. The molecule has 1 N–H and O–H groups in total. The first-order valence-corrected chi connectivity index (χ1v) is 19.6. The van der Waals surface area contributed by atoms with E-state index in [2.05, 4.69) is 39.3 Å². The standard InChI is InChI=1S/C38H42ClF2N5O3S/c1-24-42-34-7-2-3-8-35(34)46(24)30-20-28-11-12-29(21-30)45(28)18-15-38(25-5-4-6-26(40)19-25)13-16-44(17-14-38)37(47)31-22-36(33(41)23-32(31)39)50(48,49)43-27-9-10-27/h2-8,19,22-23,27-30,43H,9-18,20-21H2,1H3/t28-,29+,30+. The number of halogens is 3. The molecule has 4 aliphatic rings. The zero-order valence-electron chi connectivity index (χ0n) is 28.1. The van der Waals surface area contributed by atoms with Gasteiger partial charge in [-0.05, 0) is 119 Å². The minimum absolute atomic E-state index is 0.0390. The lowest BCUT2D eigenvalue weighted by atomic mass is 9.70. The van der Waals surface area contributed by atoms with E-state index in [4.69, 9.17) is 16.6 Å². The molecule has 4 aromatic rings. The summed E-state index contributed by atoms with van der Waals surface area (Å²) >= 11 is 6.35. The molecule has 3 aromatic carbocycles. The fourth-order valence-corrected chi connectivity index (χ4v) is 10.6. The van der Waals surface area contributed by atoms with Crippen molar-refractivity contribution in [2.24, 2.45) is 0 Å². The molecule has 1 saturated carbocycles. The molecule has 3 atom stereocenters. The van der Waals surface area contributed by atoms with Gasteiger partial charge in [-0.2, -0.15) is 0 Å². The first-order chi connectivity index (χ1) is 24.0. The molecule has 1 aromatic heterocycles. The van der Waals surface area contributed by atoms with Gasteiger partial charge in [0, 0.05) is 37.3 Å². The van der Waals surface area contributed by atoms with Gasteiger partial charge in [0.25, 0.3) is 5.91 Å². The molecule has 8 rings (SSSR count). The van der Waals surface area contributed by atoms with Crippen molar-refractivity contribution in [1.29, 1.82) is 0 Å². The van der Waals surface area contributed by atoms with Gasteiger partial charge < -0.3 is 9.47 Å². The van der Waals surface area contributed by atoms with Crippen LogP contribution >= 0.6 is 11.6 Å². The van der Waals surface area contributed by atoms with E-state index in [0.717, 1.165) is 67.7 Å². The molecule has 1 amide bonds. The number of nitrogens with zero attached hydrogens (tertiary/aromatic N) is 4. The number of para-hydroxylation sites is 2. The van der Waals surface area contributed by atoms with Gasteiger partial charge in [-0.25, -0.2) is 26.9 Å². The van der Waals surface area contributed by atoms with Crippen LogP contribution in [0.1, 0.15) is 85.6 Å². The summed E-state index contributed by atoms with van der Waals surface area (Å²) in [5, 5.41) is -0.127. The highest BCUT2D eigenvalue weighted by molar-refractivity contribution is 7.89. The highest BCUT2D eigenvalue weighted by Crippen LogP contribution is 2.45. The van der Waals surface area contributed by atoms with Crippen molar-refractivity contribution >= 4 is 38.6 Å². The van der Waals surface area contributed by atoms with E-state index >= 15 is 0 Å². The Morgan fingerprint density at radius 2 is 1.68 bits per heavy atom. The molecule has 0 spiro atoms. The van der Waals surface area contributed by atoms with E-state index in [9.17, 15) is 22.0 Å². The number of nitrogens with one attached hydrogen (secondary N) is 1. The Balaban J connectivity index is 0.992. The summed E-state index contributed by atoms with van der Waals surface area (Å²) in [5.41, 5.74) is 2.79. The van der Waals surface area contributed by atoms with Crippen molar-refractivity contribution in [2.45, 2.75) is 99.2 Å². The predicted molar refractivity (Wildman–Crippen MR) is 189 cm³/mol. The number of rotatable bonds is 9. The third-order valence-corrected chi connectivity index (χ3v) is 13.6. The topological polar surface area (TPSA) is 87.5 Å². The third kappa shape index (κ3) is 6.24. The monoisotopic (exact) mass is 721 g/mol. The molecular formula is C38H42ClF2N5O3S. The summed E-state index contributed by atoms with van der Waals surface area (Å²) in [5.74, 6) is -0.649. The van der Waals surface area contributed by atoms with Crippen LogP contribution in [0.15, 0.2) is 65.6 Å². The normalized spacial score (nSPS) is 23.8. The highest BCUT2D eigenvalue weighted by Gasteiger charge is 2.44. The fourth-order valence-electron chi connectivity index (χ4n) is 8.98. The molecule has 0 unspecified atom stereocenters. The predicted octanol–water partition coefficient (Wildman–Crippen LogP) is 7.15. The number of benzene rings is 3. The summed E-state index contributed by atoms with van der Waals surface area (Å²) < 4.78 is 60.2. The lowest BCUT2D eigenvalue weighted by Gasteiger charge is -2.45. The highest BCUT2D eigenvalue weighted by atomic mass is 35.5. The number of sulfonamides is 1. The van der Waals surface area contributed by atoms with Gasteiger partial charge in [-0.1, -0.05) is 35.9 Å². The Bertz CT molecular complexity index is 2050. The van der Waals surface area contributed by atoms with Gasteiger partial charge in [-0.15, -0.1) is 0 Å². The van der Waals surface area contributed by atoms with E-state index in [0.29, 0.717) is 56.9 Å². The van der Waals surface area contributed by atoms with Crippen LogP contribution in [-0.4, -0.2) is 71.4 Å². The summed E-state index contributed by atoms with van der Waals surface area (Å²) in [6.45, 7) is 3.75. The van der Waals surface area contributed by atoms with Crippen molar-refractivity contribution in [3.8, 4) is 0 Å². The molecular weight excluding hydrogens is 680 g/mol. The molecule has 4 heterocycles. The number of imidazole rings is 1. The number of hydrogen-bond donors (Lipinski definition) is 1. The summed E-state index contributed by atoms with van der Waals surface area (Å²) in [6.07, 6.45) is 7.91. The number of carbonyl (C=O) groups excluding carboxylic acids is 1. The largest absolute Gasteiger partial charge is 0.339 e. The van der Waals surface area contributed by atoms with Gasteiger partial charge >= 0.3 is 0 Å². The maximum Gasteiger partial charge on any atom is 0.255 e. The number of hydrogen-bond acceptors (Lipinski definition) is 5. The van der Waals surface area contributed by atoms with E-state index in [1.54, 1.807) is 17.0 Å². The quantitative estimate of drug-likeness (QED) is 0.199. The summed E-state index contributed by atoms with van der Waals surface area (Å²) in [6, 6.07) is 18.3. The van der Waals surface area contributed by atoms with Crippen molar-refractivity contribution in [1.82, 2.24) is 24.1 Å². The SMILES string of the molecule is Cc1nc2ccccc2n1[C@H]1C[C@H]2CC[C@@H](C1)N2CCC1(c2cccc(F)c2)CCN(C(=O)c2cc(S(=O)(=O)NC3CC3)c(F)cc2Cl)CC1. The number of fused-ring (bicyclic) bond motifs is 3. The molecule has 0 radical (unpaired) electrons. The minimum Gasteiger partial charge on any atom is -0.339 e. The fraction of sp³-hybridized carbons (Fsp3) is 0.474. The summed E-state index contributed by atoms with van der Waals surface area (Å²) in [7, 11) is -4.14. The van der Waals surface area contributed by atoms with Gasteiger partial charge in [0.1, 0.15) is 22.4 Å². The van der Waals surface area contributed by atoms with Gasteiger partial charge in [0.15, 0.2) is 0 Å². The number of likely N-dealkylation sites (tertiary alicyclic amines) is 1. The van der Waals surface area contributed by atoms with Gasteiger partial charge in [-0.3, -0.25) is 9.69 Å². The second kappa shape index (κ2) is 13.0. The molecule has 4 fully saturated rings. The van der Waals surface area contributed by atoms with Crippen LogP contribution in [0.4, 0.5) is 8.78 Å². The number of amides is 1. The molecule has 3 aliphatic heterocycles. The van der Waals surface area contributed by atoms with Gasteiger partial charge in [0.2, 0.25) is 10.0 Å². The number of aryl methyl sites for hydroxylation is 1. The Morgan fingerprint density at radius 3 is 2.38 bits per heavy atom. The van der Waals surface area contributed by atoms with Crippen LogP contribution in [-0.2, 0) is 15.4 Å². The summed E-state index contributed by atoms with van der Waals surface area (Å²) in [4.78, 5) is 22.4. The molecule has 3 saturated heterocycles. The molecule has 2 bridgehead atoms. The number of aromatic nitrogens is 2. The van der Waals surface area contributed by atoms with E-state index < -0.39 is 26.6 Å². The number of carbonyl (C=O) groups is 1. The molecule has 50 heavy (non-hydrogen) atoms. The van der Waals surface area contributed by atoms with E-state index in [-0.39, 0.29) is 27.9 Å². The second-order valence-electron chi connectivity index (χ2n) is 14.8. The molecule has 8 nitrogen and oxygen atoms in total. The van der Waals surface area contributed by atoms with Crippen LogP contribution in [0.3, 0.4) is 0 Å². The first-order valence-electron chi connectivity index (χ1n) is 17.8. The zero-order valence-corrected chi connectivity index (χ0v) is 29.7. The van der Waals surface area contributed by atoms with Crippen molar-refractivity contribution < 1.29 is 22.0 Å². The van der Waals surface area contributed by atoms with Crippen LogP contribution < -0.4 is 4.72 Å². The van der Waals surface area contributed by atoms with Crippen LogP contribution in [0, 0.1) is 18.6 Å². The van der Waals surface area contributed by atoms with E-state index in [1.807, 2.05) is 12.1 Å². The smallest absolute Gasteiger partial charge is 0.255 e. The number of piperidine rings is 2. The zero-order chi connectivity index (χ0) is 34.8. The third-order valence-electron chi connectivity index (χ3n) is 11.7. The van der Waals surface area contributed by atoms with Crippen LogP contribution in [0.25, 0.3) is 11.0 Å². The van der Waals surface area contributed by atoms with Crippen molar-refractivity contribution in [2.75, 3.05) is 19.6 Å². The Labute approximate surface area is 296 Å².